The minimum absolute atomic E-state index is 0.0852. The number of fused-ring (bicyclic) bond motifs is 1. The smallest absolute Gasteiger partial charge is 0.326 e. The minimum atomic E-state index is -3.06. The van der Waals surface area contributed by atoms with Gasteiger partial charge in [0.25, 0.3) is 5.92 Å². The van der Waals surface area contributed by atoms with Crippen molar-refractivity contribution in [2.45, 2.75) is 52.5 Å². The number of amidine groups is 1. The van der Waals surface area contributed by atoms with Crippen molar-refractivity contribution < 1.29 is 36.3 Å². The van der Waals surface area contributed by atoms with E-state index in [-0.39, 0.29) is 43.3 Å². The molecule has 2 aromatic carbocycles. The van der Waals surface area contributed by atoms with Crippen LogP contribution in [-0.4, -0.2) is 60.4 Å². The number of amides is 2. The molecule has 2 atom stereocenters. The Hall–Kier alpha value is -3.06. The molecule has 13 heteroatoms. The number of hydrogen-bond acceptors (Lipinski definition) is 6. The van der Waals surface area contributed by atoms with E-state index in [9.17, 15) is 22.4 Å². The molecule has 4 rings (SSSR count). The fraction of sp³-hybridized carbons (Fsp3) is 0.481. The van der Waals surface area contributed by atoms with E-state index in [4.69, 9.17) is 9.57 Å². The topological polar surface area (TPSA) is 80.4 Å². The number of urea groups is 1. The van der Waals surface area contributed by atoms with Gasteiger partial charge in [-0.15, -0.1) is 12.8 Å². The van der Waals surface area contributed by atoms with E-state index < -0.39 is 52.5 Å². The Kier molecular flexibility index (Phi) is 12.0. The second-order valence-electron chi connectivity index (χ2n) is 9.10. The van der Waals surface area contributed by atoms with Gasteiger partial charge < -0.3 is 14.5 Å². The summed E-state index contributed by atoms with van der Waals surface area (Å²) in [5, 5.41) is 8.05. The lowest BCUT2D eigenvalue weighted by atomic mass is 9.95. The Morgan fingerprint density at radius 1 is 1.10 bits per heavy atom. The lowest BCUT2D eigenvalue weighted by molar-refractivity contribution is -0.0631. The van der Waals surface area contributed by atoms with Gasteiger partial charge in [-0.3, -0.25) is 10.0 Å². The molecule has 2 fully saturated rings. The largest absolute Gasteiger partial charge is 0.491 e. The van der Waals surface area contributed by atoms with Crippen molar-refractivity contribution >= 4 is 24.7 Å². The number of carbonyl (C=O) groups excluding carboxylic acids is 1. The molecule has 1 unspecified atom stereocenters. The van der Waals surface area contributed by atoms with E-state index in [0.717, 1.165) is 28.0 Å². The Balaban J connectivity index is 0.00000105. The van der Waals surface area contributed by atoms with Crippen LogP contribution < -0.4 is 9.88 Å². The van der Waals surface area contributed by atoms with Crippen LogP contribution in [0, 0.1) is 23.4 Å². The van der Waals surface area contributed by atoms with Crippen LogP contribution in [0.2, 0.25) is 0 Å². The normalized spacial score (nSPS) is 19.7. The summed E-state index contributed by atoms with van der Waals surface area (Å²) in [6.07, 6.45) is 1.16. The van der Waals surface area contributed by atoms with Gasteiger partial charge in [-0.05, 0) is 37.6 Å². The molecule has 0 aliphatic carbocycles. The molecule has 0 spiro atoms. The Bertz CT molecular complexity index is 1180. The first-order valence-corrected chi connectivity index (χ1v) is 13.3. The first-order chi connectivity index (χ1) is 19.0. The number of alkyl halides is 2. The number of ether oxygens (including phenoxy) is 1. The fourth-order valence-corrected chi connectivity index (χ4v) is 4.66. The number of halogens is 5. The van der Waals surface area contributed by atoms with Crippen LogP contribution in [0.1, 0.15) is 46.1 Å². The number of nitrogens with zero attached hydrogens (tertiary/aromatic N) is 3. The number of hydrogen-bond donors (Lipinski definition) is 2. The van der Waals surface area contributed by atoms with Crippen molar-refractivity contribution in [2.75, 3.05) is 26.8 Å². The first-order valence-electron chi connectivity index (χ1n) is 12.8. The third kappa shape index (κ3) is 6.46. The molecular weight excluding hydrogens is 555 g/mol. The molecule has 2 N–H and O–H groups in total. The Labute approximate surface area is 236 Å². The van der Waals surface area contributed by atoms with E-state index in [1.165, 1.54) is 32.6 Å². The predicted molar refractivity (Wildman–Crippen MR) is 147 cm³/mol. The standard InChI is InChI=1S/C24H24F5N3O3.C3H8.H3NS/c1-4-35-17-9-8-14(19(21(17)27)20-15(25)6-5-7-16(20)26)22(30-34-3)31-11-10-18-24(28,29)13(2)12-32(18)23(31)33;1-3-2;1-2/h5-9,13,18H,4,10-12H2,1-3H3;3H2,1-2H3;2H,1H2/b30-22+;;/t13?,18-;;/m1../s1. The van der Waals surface area contributed by atoms with E-state index in [2.05, 4.69) is 37.0 Å². The monoisotopic (exact) mass is 590 g/mol. The van der Waals surface area contributed by atoms with Gasteiger partial charge in [0.1, 0.15) is 18.7 Å². The predicted octanol–water partition coefficient (Wildman–Crippen LogP) is 6.47. The van der Waals surface area contributed by atoms with Crippen LogP contribution in [0.5, 0.6) is 5.75 Å². The zero-order valence-electron chi connectivity index (χ0n) is 23.1. The van der Waals surface area contributed by atoms with Crippen molar-refractivity contribution in [3.8, 4) is 16.9 Å². The third-order valence-electron chi connectivity index (χ3n) is 6.34. The second-order valence-corrected chi connectivity index (χ2v) is 9.10. The highest BCUT2D eigenvalue weighted by molar-refractivity contribution is 7.77. The van der Waals surface area contributed by atoms with Crippen molar-refractivity contribution in [1.82, 2.24) is 9.80 Å². The van der Waals surface area contributed by atoms with E-state index in [0.29, 0.717) is 0 Å². The van der Waals surface area contributed by atoms with Crippen molar-refractivity contribution in [3.05, 3.63) is 53.3 Å². The number of nitrogens with two attached hydrogens (primary N) is 1. The van der Waals surface area contributed by atoms with E-state index in [1.54, 1.807) is 6.92 Å². The molecule has 7 nitrogen and oxygen atoms in total. The van der Waals surface area contributed by atoms with Gasteiger partial charge >= 0.3 is 6.03 Å². The third-order valence-corrected chi connectivity index (χ3v) is 6.34. The average molecular weight is 591 g/mol. The van der Waals surface area contributed by atoms with Crippen molar-refractivity contribution in [2.24, 2.45) is 16.2 Å². The maximum Gasteiger partial charge on any atom is 0.326 e. The second kappa shape index (κ2) is 14.5. The van der Waals surface area contributed by atoms with E-state index in [1.807, 2.05) is 0 Å². The molecule has 40 heavy (non-hydrogen) atoms. The van der Waals surface area contributed by atoms with Crippen LogP contribution >= 0.6 is 12.8 Å². The molecule has 0 radical (unpaired) electrons. The van der Waals surface area contributed by atoms with Crippen molar-refractivity contribution in [1.29, 1.82) is 0 Å². The molecule has 2 aliphatic rings. The Morgan fingerprint density at radius 2 is 1.70 bits per heavy atom. The van der Waals surface area contributed by atoms with Crippen LogP contribution in [0.25, 0.3) is 11.1 Å². The SMILES string of the molecule is CCC.CCOc1ccc(/C(=N\OC)N2CC[C@H]3N(CC(C)C3(F)F)C2=O)c(-c2c(F)cccc2F)c1F.NS. The highest BCUT2D eigenvalue weighted by atomic mass is 32.1. The van der Waals surface area contributed by atoms with Crippen LogP contribution in [-0.2, 0) is 4.84 Å². The molecule has 2 aromatic rings. The summed E-state index contributed by atoms with van der Waals surface area (Å²) in [7, 11) is 1.18. The summed E-state index contributed by atoms with van der Waals surface area (Å²) >= 11 is 3.03. The van der Waals surface area contributed by atoms with Gasteiger partial charge in [0, 0.05) is 30.1 Å². The maximum absolute atomic E-state index is 15.6. The minimum Gasteiger partial charge on any atom is -0.491 e. The molecule has 0 bridgehead atoms. The van der Waals surface area contributed by atoms with Crippen molar-refractivity contribution in [3.63, 3.8) is 0 Å². The number of carbonyl (C=O) groups is 1. The van der Waals surface area contributed by atoms with Gasteiger partial charge in [0.05, 0.1) is 18.2 Å². The Morgan fingerprint density at radius 3 is 2.25 bits per heavy atom. The molecule has 2 aliphatic heterocycles. The van der Waals surface area contributed by atoms with Crippen LogP contribution in [0.15, 0.2) is 35.5 Å². The molecule has 2 amide bonds. The number of benzene rings is 2. The van der Waals surface area contributed by atoms with Gasteiger partial charge in [0.15, 0.2) is 17.4 Å². The maximum atomic E-state index is 15.6. The molecule has 0 aromatic heterocycles. The van der Waals surface area contributed by atoms with Gasteiger partial charge in [-0.25, -0.2) is 26.7 Å². The highest BCUT2D eigenvalue weighted by Crippen LogP contribution is 2.43. The first kappa shape index (κ1) is 33.1. The molecule has 222 valence electrons. The molecule has 2 heterocycles. The molecule has 2 saturated heterocycles. The fourth-order valence-electron chi connectivity index (χ4n) is 4.66. The van der Waals surface area contributed by atoms with Gasteiger partial charge in [-0.2, -0.15) is 0 Å². The summed E-state index contributed by atoms with van der Waals surface area (Å²) in [6, 6.07) is 3.53. The summed E-state index contributed by atoms with van der Waals surface area (Å²) < 4.78 is 79.6. The zero-order chi connectivity index (χ0) is 30.2. The number of rotatable bonds is 5. The summed E-state index contributed by atoms with van der Waals surface area (Å²) in [4.78, 5) is 20.3. The average Bonchev–Trinajstić information content (AvgIpc) is 3.15. The molecular formula is C27H35F5N4O3S. The number of oxime groups is 1. The zero-order valence-corrected chi connectivity index (χ0v) is 24.0. The molecule has 0 saturated carbocycles. The van der Waals surface area contributed by atoms with Gasteiger partial charge in [-0.1, -0.05) is 38.4 Å². The van der Waals surface area contributed by atoms with Gasteiger partial charge in [0.2, 0.25) is 0 Å². The number of thiol groups is 1. The lowest BCUT2D eigenvalue weighted by Crippen LogP contribution is -2.57. The van der Waals surface area contributed by atoms with Crippen LogP contribution in [0.4, 0.5) is 26.7 Å². The summed E-state index contributed by atoms with van der Waals surface area (Å²) in [5.41, 5.74) is -1.38. The summed E-state index contributed by atoms with van der Waals surface area (Å²) in [6.45, 7) is 6.95. The quantitative estimate of drug-likeness (QED) is 0.138. The highest BCUT2D eigenvalue weighted by Gasteiger charge is 2.58. The lowest BCUT2D eigenvalue weighted by Gasteiger charge is -2.39. The summed E-state index contributed by atoms with van der Waals surface area (Å²) in [5.74, 6) is -7.80. The van der Waals surface area contributed by atoms with Crippen LogP contribution in [0.3, 0.4) is 0 Å². The van der Waals surface area contributed by atoms with E-state index >= 15 is 4.39 Å².